The topological polar surface area (TPSA) is 9.86 Å². The molecular weight excluding hydrogens is 581 g/mol. The largest absolute Gasteiger partial charge is 0.307 e. The third kappa shape index (κ3) is 3.93. The van der Waals surface area contributed by atoms with Gasteiger partial charge in [0.1, 0.15) is 0 Å². The first kappa shape index (κ1) is 26.8. The van der Waals surface area contributed by atoms with E-state index in [-0.39, 0.29) is 0 Å². The number of rotatable bonds is 4. The van der Waals surface area contributed by atoms with Gasteiger partial charge in [-0.3, -0.25) is 0 Å². The van der Waals surface area contributed by atoms with E-state index in [4.69, 9.17) is 0 Å². The molecule has 0 aliphatic heterocycles. The highest BCUT2D eigenvalue weighted by molar-refractivity contribution is 6.34. The summed E-state index contributed by atoms with van der Waals surface area (Å²) in [4.78, 5) is 0. The number of hydrogen-bond donors (Lipinski definition) is 0. The molecule has 0 amide bonds. The fraction of sp³-hybridized carbons (Fsp3) is 0. The van der Waals surface area contributed by atoms with E-state index in [0.29, 0.717) is 0 Å². The maximum absolute atomic E-state index is 2.52. The average molecular weight is 611 g/mol. The highest BCUT2D eigenvalue weighted by Gasteiger charge is 2.26. The smallest absolute Gasteiger partial charge is 0.0810 e. The van der Waals surface area contributed by atoms with Crippen molar-refractivity contribution in [2.45, 2.75) is 0 Å². The third-order valence-corrected chi connectivity index (χ3v) is 9.88. The fourth-order valence-corrected chi connectivity index (χ4v) is 7.78. The lowest BCUT2D eigenvalue weighted by atomic mass is 9.97. The second kappa shape index (κ2) is 10.6. The molecule has 0 N–H and O–H groups in total. The van der Waals surface area contributed by atoms with Crippen LogP contribution in [0.2, 0.25) is 0 Å². The first-order chi connectivity index (χ1) is 23.8. The lowest BCUT2D eigenvalue weighted by molar-refractivity contribution is 1.18. The molecule has 0 unspecified atom stereocenters. The minimum Gasteiger partial charge on any atom is -0.307 e. The maximum Gasteiger partial charge on any atom is 0.0810 e. The second-order valence-electron chi connectivity index (χ2n) is 12.5. The number of para-hydroxylation sites is 1. The number of fused-ring (bicyclic) bond motifs is 10. The molecule has 224 valence electrons. The number of nitrogens with zero attached hydrogens (tertiary/aromatic N) is 2. The summed E-state index contributed by atoms with van der Waals surface area (Å²) in [6.07, 6.45) is 0. The summed E-state index contributed by atoms with van der Waals surface area (Å²) in [7, 11) is 0. The highest BCUT2D eigenvalue weighted by Crippen LogP contribution is 2.47. The van der Waals surface area contributed by atoms with Crippen molar-refractivity contribution in [2.24, 2.45) is 0 Å². The van der Waals surface area contributed by atoms with Gasteiger partial charge in [-0.25, -0.2) is 0 Å². The zero-order valence-corrected chi connectivity index (χ0v) is 26.2. The van der Waals surface area contributed by atoms with E-state index in [2.05, 4.69) is 191 Å². The first-order valence-electron chi connectivity index (χ1n) is 16.5. The molecule has 10 rings (SSSR count). The highest BCUT2D eigenvalue weighted by atomic mass is 15.1. The van der Waals surface area contributed by atoms with Gasteiger partial charge in [0.25, 0.3) is 0 Å². The Morgan fingerprint density at radius 2 is 0.750 bits per heavy atom. The van der Waals surface area contributed by atoms with Crippen LogP contribution >= 0.6 is 0 Å². The van der Waals surface area contributed by atoms with Gasteiger partial charge in [0.2, 0.25) is 0 Å². The van der Waals surface area contributed by atoms with Gasteiger partial charge in [-0.2, -0.15) is 0 Å². The van der Waals surface area contributed by atoms with E-state index in [1.165, 1.54) is 76.6 Å². The molecule has 0 atom stereocenters. The summed E-state index contributed by atoms with van der Waals surface area (Å²) in [6, 6.07) is 66.1. The molecule has 8 aromatic carbocycles. The summed E-state index contributed by atoms with van der Waals surface area (Å²) in [5, 5.41) is 7.56. The third-order valence-electron chi connectivity index (χ3n) is 9.88. The second-order valence-corrected chi connectivity index (χ2v) is 12.5. The van der Waals surface area contributed by atoms with E-state index in [0.717, 1.165) is 11.4 Å². The average Bonchev–Trinajstić information content (AvgIpc) is 3.69. The van der Waals surface area contributed by atoms with Crippen molar-refractivity contribution in [1.82, 2.24) is 9.13 Å². The van der Waals surface area contributed by atoms with Gasteiger partial charge in [-0.05, 0) is 74.8 Å². The van der Waals surface area contributed by atoms with Crippen molar-refractivity contribution in [3.63, 3.8) is 0 Å². The van der Waals surface area contributed by atoms with Crippen LogP contribution in [0, 0.1) is 0 Å². The Morgan fingerprint density at radius 3 is 1.42 bits per heavy atom. The number of hydrogen-bond acceptors (Lipinski definition) is 0. The Labute approximate surface area is 278 Å². The Kier molecular flexibility index (Phi) is 5.91. The quantitative estimate of drug-likeness (QED) is 0.175. The summed E-state index contributed by atoms with van der Waals surface area (Å²) in [5.74, 6) is 0. The lowest BCUT2D eigenvalue weighted by Crippen LogP contribution is -1.95. The monoisotopic (exact) mass is 610 g/mol. The Hall–Kier alpha value is -6.38. The van der Waals surface area contributed by atoms with Gasteiger partial charge in [0, 0.05) is 27.5 Å². The van der Waals surface area contributed by atoms with Crippen molar-refractivity contribution in [1.29, 1.82) is 0 Å². The fourth-order valence-electron chi connectivity index (χ4n) is 7.78. The number of benzene rings is 8. The van der Waals surface area contributed by atoms with Gasteiger partial charge >= 0.3 is 0 Å². The van der Waals surface area contributed by atoms with Crippen molar-refractivity contribution >= 4 is 54.4 Å². The molecule has 48 heavy (non-hydrogen) atoms. The van der Waals surface area contributed by atoms with Crippen molar-refractivity contribution < 1.29 is 0 Å². The van der Waals surface area contributed by atoms with Crippen LogP contribution in [0.1, 0.15) is 0 Å². The van der Waals surface area contributed by atoms with Crippen LogP contribution in [-0.2, 0) is 0 Å². The van der Waals surface area contributed by atoms with Crippen LogP contribution in [0.3, 0.4) is 0 Å². The van der Waals surface area contributed by atoms with Crippen LogP contribution in [0.5, 0.6) is 0 Å². The predicted octanol–water partition coefficient (Wildman–Crippen LogP) is 12.4. The zero-order valence-electron chi connectivity index (χ0n) is 26.2. The normalized spacial score (nSPS) is 11.8. The molecule has 0 fully saturated rings. The van der Waals surface area contributed by atoms with Crippen LogP contribution in [-0.4, -0.2) is 9.13 Å². The van der Waals surface area contributed by atoms with E-state index < -0.39 is 0 Å². The summed E-state index contributed by atoms with van der Waals surface area (Å²) < 4.78 is 5.02. The molecule has 2 heterocycles. The lowest BCUT2D eigenvalue weighted by Gasteiger charge is -2.14. The Balaban J connectivity index is 1.43. The van der Waals surface area contributed by atoms with E-state index in [1.54, 1.807) is 0 Å². The number of aromatic nitrogens is 2. The minimum absolute atomic E-state index is 1.14. The molecule has 10 aromatic rings. The molecule has 0 radical (unpaired) electrons. The molecule has 0 aliphatic carbocycles. The van der Waals surface area contributed by atoms with E-state index in [1.807, 2.05) is 0 Å². The first-order valence-corrected chi connectivity index (χ1v) is 16.5. The molecule has 0 bridgehead atoms. The molecule has 0 spiro atoms. The van der Waals surface area contributed by atoms with Crippen LogP contribution in [0.15, 0.2) is 182 Å². The maximum atomic E-state index is 2.52. The molecular formula is C46H30N2. The Morgan fingerprint density at radius 1 is 0.271 bits per heavy atom. The van der Waals surface area contributed by atoms with Crippen LogP contribution < -0.4 is 0 Å². The molecule has 0 saturated heterocycles. The summed E-state index contributed by atoms with van der Waals surface area (Å²) in [5.41, 5.74) is 12.0. The zero-order chi connectivity index (χ0) is 31.6. The van der Waals surface area contributed by atoms with Gasteiger partial charge in [-0.15, -0.1) is 0 Å². The van der Waals surface area contributed by atoms with Crippen molar-refractivity contribution in [3.8, 4) is 33.6 Å². The molecule has 2 aromatic heterocycles. The van der Waals surface area contributed by atoms with Crippen molar-refractivity contribution in [3.05, 3.63) is 182 Å². The Bertz CT molecular complexity index is 2790. The van der Waals surface area contributed by atoms with Crippen LogP contribution in [0.25, 0.3) is 88.0 Å². The van der Waals surface area contributed by atoms with E-state index in [9.17, 15) is 0 Å². The van der Waals surface area contributed by atoms with Gasteiger partial charge in [0.15, 0.2) is 0 Å². The summed E-state index contributed by atoms with van der Waals surface area (Å²) in [6.45, 7) is 0. The van der Waals surface area contributed by atoms with E-state index >= 15 is 0 Å². The SMILES string of the molecule is c1ccc(-c2ccc(-n3c4ccc(-c5ccccc5)cc4c4c3c3c5ccccc5c5ccccc5c3n4-c3ccccc3)cc2)cc1. The molecule has 2 nitrogen and oxygen atoms in total. The standard InChI is InChI=1S/C46H30N2/c1-4-14-31(15-5-1)33-24-27-36(28-25-33)47-42-29-26-34(32-16-6-2-7-17-32)30-41(42)45-46(47)43-39-22-12-10-20-37(39)38-21-11-13-23-40(38)44(43)48(45)35-18-8-3-9-19-35/h1-30H. The molecule has 0 saturated carbocycles. The summed E-state index contributed by atoms with van der Waals surface area (Å²) >= 11 is 0. The van der Waals surface area contributed by atoms with Gasteiger partial charge in [-0.1, -0.05) is 146 Å². The molecule has 0 aliphatic rings. The van der Waals surface area contributed by atoms with Gasteiger partial charge < -0.3 is 9.13 Å². The predicted molar refractivity (Wildman–Crippen MR) is 203 cm³/mol. The van der Waals surface area contributed by atoms with Crippen molar-refractivity contribution in [2.75, 3.05) is 0 Å². The molecule has 2 heteroatoms. The van der Waals surface area contributed by atoms with Crippen LogP contribution in [0.4, 0.5) is 0 Å². The van der Waals surface area contributed by atoms with Gasteiger partial charge in [0.05, 0.1) is 22.1 Å². The minimum atomic E-state index is 1.14.